The maximum Gasteiger partial charge on any atom is 0.119 e. The third kappa shape index (κ3) is 2.62. The Morgan fingerprint density at radius 1 is 1.06 bits per heavy atom. The third-order valence-electron chi connectivity index (χ3n) is 2.84. The molecule has 0 amide bonds. The van der Waals surface area contributed by atoms with Crippen LogP contribution in [0.2, 0.25) is 0 Å². The smallest absolute Gasteiger partial charge is 0.119 e. The van der Waals surface area contributed by atoms with Crippen LogP contribution in [-0.4, -0.2) is 7.11 Å². The lowest BCUT2D eigenvalue weighted by atomic mass is 10.00. The van der Waals surface area contributed by atoms with Crippen molar-refractivity contribution in [2.75, 3.05) is 7.11 Å². The van der Waals surface area contributed by atoms with E-state index in [4.69, 9.17) is 16.3 Å². The molecule has 0 fully saturated rings. The van der Waals surface area contributed by atoms with Crippen molar-refractivity contribution < 1.29 is 4.74 Å². The Bertz CT molecular complexity index is 494. The predicted molar refractivity (Wildman–Crippen MR) is 71.9 cm³/mol. The van der Waals surface area contributed by atoms with Crippen molar-refractivity contribution in [3.63, 3.8) is 0 Å². The third-order valence-corrected chi connectivity index (χ3v) is 3.33. The number of hydrogen-bond donors (Lipinski definition) is 0. The first-order valence-electron chi connectivity index (χ1n) is 5.56. The molecule has 0 aliphatic heterocycles. The number of alkyl halides is 1. The highest BCUT2D eigenvalue weighted by Crippen LogP contribution is 2.32. The van der Waals surface area contributed by atoms with Crippen LogP contribution >= 0.6 is 11.6 Å². The first-order chi connectivity index (χ1) is 8.22. The molecule has 88 valence electrons. The van der Waals surface area contributed by atoms with Gasteiger partial charge in [-0.3, -0.25) is 0 Å². The van der Waals surface area contributed by atoms with E-state index in [0.717, 1.165) is 22.4 Å². The fraction of sp³-hybridized carbons (Fsp3) is 0.200. The Labute approximate surface area is 107 Å². The number of aryl methyl sites for hydroxylation is 1. The van der Waals surface area contributed by atoms with Crippen molar-refractivity contribution in [1.82, 2.24) is 0 Å². The average Bonchev–Trinajstić information content (AvgIpc) is 2.39. The summed E-state index contributed by atoms with van der Waals surface area (Å²) in [5.74, 6) is 0.864. The van der Waals surface area contributed by atoms with Gasteiger partial charge in [0.05, 0.1) is 12.5 Å². The summed E-state index contributed by atoms with van der Waals surface area (Å²) in [6.07, 6.45) is 0. The molecule has 0 radical (unpaired) electrons. The fourth-order valence-electron chi connectivity index (χ4n) is 1.86. The number of rotatable bonds is 3. The minimum absolute atomic E-state index is 0.109. The molecule has 2 heteroatoms. The SMILES string of the molecule is COc1ccc(C(Cl)c2ccccc2)c(C)c1. The van der Waals surface area contributed by atoms with Crippen LogP contribution < -0.4 is 4.74 Å². The van der Waals surface area contributed by atoms with E-state index in [1.807, 2.05) is 48.5 Å². The monoisotopic (exact) mass is 246 g/mol. The zero-order chi connectivity index (χ0) is 12.3. The second kappa shape index (κ2) is 5.24. The summed E-state index contributed by atoms with van der Waals surface area (Å²) >= 11 is 6.49. The summed E-state index contributed by atoms with van der Waals surface area (Å²) in [5, 5.41) is -0.109. The summed E-state index contributed by atoms with van der Waals surface area (Å²) in [7, 11) is 1.67. The summed E-state index contributed by atoms with van der Waals surface area (Å²) in [5.41, 5.74) is 3.38. The van der Waals surface area contributed by atoms with Gasteiger partial charge in [0, 0.05) is 0 Å². The molecule has 0 saturated heterocycles. The van der Waals surface area contributed by atoms with E-state index in [1.54, 1.807) is 7.11 Å². The largest absolute Gasteiger partial charge is 0.497 e. The maximum atomic E-state index is 6.49. The van der Waals surface area contributed by atoms with Crippen LogP contribution in [0.5, 0.6) is 5.75 Å². The van der Waals surface area contributed by atoms with E-state index in [1.165, 1.54) is 0 Å². The first kappa shape index (κ1) is 12.0. The lowest BCUT2D eigenvalue weighted by molar-refractivity contribution is 0.414. The molecular formula is C15H15ClO. The van der Waals surface area contributed by atoms with Crippen molar-refractivity contribution in [2.24, 2.45) is 0 Å². The number of halogens is 1. The zero-order valence-electron chi connectivity index (χ0n) is 9.98. The summed E-state index contributed by atoms with van der Waals surface area (Å²) in [6.45, 7) is 2.05. The average molecular weight is 247 g/mol. The minimum atomic E-state index is -0.109. The van der Waals surface area contributed by atoms with Crippen LogP contribution in [-0.2, 0) is 0 Å². The second-order valence-corrected chi connectivity index (χ2v) is 4.43. The summed E-state index contributed by atoms with van der Waals surface area (Å²) < 4.78 is 5.19. The van der Waals surface area contributed by atoms with Gasteiger partial charge < -0.3 is 4.74 Å². The number of hydrogen-bond acceptors (Lipinski definition) is 1. The predicted octanol–water partition coefficient (Wildman–Crippen LogP) is 4.33. The van der Waals surface area contributed by atoms with Crippen LogP contribution in [0, 0.1) is 6.92 Å². The fourth-order valence-corrected chi connectivity index (χ4v) is 2.25. The number of methoxy groups -OCH3 is 1. The van der Waals surface area contributed by atoms with E-state index in [0.29, 0.717) is 0 Å². The molecular weight excluding hydrogens is 232 g/mol. The molecule has 2 aromatic carbocycles. The lowest BCUT2D eigenvalue weighted by Gasteiger charge is -2.14. The van der Waals surface area contributed by atoms with E-state index in [-0.39, 0.29) is 5.38 Å². The second-order valence-electron chi connectivity index (χ2n) is 4.00. The maximum absolute atomic E-state index is 6.49. The van der Waals surface area contributed by atoms with Crippen molar-refractivity contribution in [2.45, 2.75) is 12.3 Å². The lowest BCUT2D eigenvalue weighted by Crippen LogP contribution is -1.96. The quantitative estimate of drug-likeness (QED) is 0.733. The van der Waals surface area contributed by atoms with E-state index >= 15 is 0 Å². The van der Waals surface area contributed by atoms with Gasteiger partial charge in [0.15, 0.2) is 0 Å². The van der Waals surface area contributed by atoms with Crippen LogP contribution in [0.15, 0.2) is 48.5 Å². The highest BCUT2D eigenvalue weighted by atomic mass is 35.5. The Morgan fingerprint density at radius 2 is 1.76 bits per heavy atom. The Balaban J connectivity index is 2.34. The molecule has 2 aromatic rings. The van der Waals surface area contributed by atoms with Gasteiger partial charge in [-0.2, -0.15) is 0 Å². The van der Waals surface area contributed by atoms with Gasteiger partial charge in [0.25, 0.3) is 0 Å². The molecule has 0 aliphatic rings. The standard InChI is InChI=1S/C15H15ClO/c1-11-10-13(17-2)8-9-14(11)15(16)12-6-4-3-5-7-12/h3-10,15H,1-2H3. The summed E-state index contributed by atoms with van der Waals surface area (Å²) in [6, 6.07) is 16.1. The van der Waals surface area contributed by atoms with Crippen molar-refractivity contribution in [1.29, 1.82) is 0 Å². The van der Waals surface area contributed by atoms with Gasteiger partial charge in [0.2, 0.25) is 0 Å². The molecule has 17 heavy (non-hydrogen) atoms. The number of ether oxygens (including phenoxy) is 1. The van der Waals surface area contributed by atoms with E-state index < -0.39 is 0 Å². The van der Waals surface area contributed by atoms with Crippen molar-refractivity contribution in [3.8, 4) is 5.75 Å². The Kier molecular flexibility index (Phi) is 3.70. The minimum Gasteiger partial charge on any atom is -0.497 e. The molecule has 0 aromatic heterocycles. The molecule has 2 rings (SSSR count). The zero-order valence-corrected chi connectivity index (χ0v) is 10.7. The molecule has 1 nitrogen and oxygen atoms in total. The van der Waals surface area contributed by atoms with Crippen LogP contribution in [0.3, 0.4) is 0 Å². The molecule has 0 spiro atoms. The van der Waals surface area contributed by atoms with E-state index in [9.17, 15) is 0 Å². The van der Waals surface area contributed by atoms with Crippen LogP contribution in [0.1, 0.15) is 22.1 Å². The highest BCUT2D eigenvalue weighted by molar-refractivity contribution is 6.22. The molecule has 0 bridgehead atoms. The van der Waals surface area contributed by atoms with E-state index in [2.05, 4.69) is 6.92 Å². The van der Waals surface area contributed by atoms with Crippen molar-refractivity contribution >= 4 is 11.6 Å². The van der Waals surface area contributed by atoms with Crippen molar-refractivity contribution in [3.05, 3.63) is 65.2 Å². The molecule has 0 aliphatic carbocycles. The first-order valence-corrected chi connectivity index (χ1v) is 5.99. The van der Waals surface area contributed by atoms with Gasteiger partial charge in [-0.25, -0.2) is 0 Å². The molecule has 0 saturated carbocycles. The van der Waals surface area contributed by atoms with Gasteiger partial charge >= 0.3 is 0 Å². The van der Waals surface area contributed by atoms with Gasteiger partial charge in [0.1, 0.15) is 5.75 Å². The normalized spacial score (nSPS) is 12.2. The summed E-state index contributed by atoms with van der Waals surface area (Å²) in [4.78, 5) is 0. The molecule has 0 N–H and O–H groups in total. The molecule has 1 unspecified atom stereocenters. The number of benzene rings is 2. The van der Waals surface area contributed by atoms with Gasteiger partial charge in [-0.15, -0.1) is 11.6 Å². The molecule has 1 atom stereocenters. The van der Waals surface area contributed by atoms with Gasteiger partial charge in [-0.05, 0) is 35.7 Å². The van der Waals surface area contributed by atoms with Gasteiger partial charge in [-0.1, -0.05) is 36.4 Å². The van der Waals surface area contributed by atoms with Crippen LogP contribution in [0.4, 0.5) is 0 Å². The molecule has 0 heterocycles. The topological polar surface area (TPSA) is 9.23 Å². The van der Waals surface area contributed by atoms with Crippen LogP contribution in [0.25, 0.3) is 0 Å². The Hall–Kier alpha value is -1.47. The Morgan fingerprint density at radius 3 is 2.35 bits per heavy atom. The highest BCUT2D eigenvalue weighted by Gasteiger charge is 2.13.